The number of carbonyl (C=O) groups excluding carboxylic acids is 1. The molecule has 1 N–H and O–H groups in total. The number of nitrogens with one attached hydrogen (secondary N) is 1. The molecule has 0 radical (unpaired) electrons. The number of benzene rings is 1. The van der Waals surface area contributed by atoms with E-state index in [9.17, 15) is 18.8 Å². The summed E-state index contributed by atoms with van der Waals surface area (Å²) in [5, 5.41) is 11.4. The Morgan fingerprint density at radius 2 is 1.95 bits per heavy atom. The first-order valence-corrected chi connectivity index (χ1v) is 7.42. The van der Waals surface area contributed by atoms with Crippen LogP contribution in [0.2, 0.25) is 0 Å². The lowest BCUT2D eigenvalue weighted by Crippen LogP contribution is -2.51. The summed E-state index contributed by atoms with van der Waals surface area (Å²) < 4.78 is 26.0. The van der Waals surface area contributed by atoms with Crippen LogP contribution in [0, 0.1) is 28.9 Å². The number of hydrogen-bond acceptors (Lipinski definition) is 3. The van der Waals surface area contributed by atoms with Crippen LogP contribution in [0.25, 0.3) is 0 Å². The lowest BCUT2D eigenvalue weighted by molar-refractivity contribution is -0.121. The molecule has 0 aromatic heterocycles. The second-order valence-corrected chi connectivity index (χ2v) is 6.71. The summed E-state index contributed by atoms with van der Waals surface area (Å²) >= 11 is 1.11. The Balaban J connectivity index is 2.75. The molecule has 0 fully saturated rings. The van der Waals surface area contributed by atoms with Crippen molar-refractivity contribution < 1.29 is 13.6 Å². The van der Waals surface area contributed by atoms with Gasteiger partial charge in [0.15, 0.2) is 11.6 Å². The highest BCUT2D eigenvalue weighted by Gasteiger charge is 2.31. The van der Waals surface area contributed by atoms with Gasteiger partial charge >= 0.3 is 0 Å². The van der Waals surface area contributed by atoms with Crippen LogP contribution in [-0.4, -0.2) is 16.7 Å². The second-order valence-electron chi connectivity index (χ2n) is 5.29. The number of carbonyl (C=O) groups is 1. The monoisotopic (exact) mass is 312 g/mol. The van der Waals surface area contributed by atoms with E-state index in [1.165, 1.54) is 6.07 Å². The first kappa shape index (κ1) is 17.4. The van der Waals surface area contributed by atoms with E-state index in [1.807, 2.05) is 13.8 Å². The van der Waals surface area contributed by atoms with Crippen molar-refractivity contribution in [2.45, 2.75) is 43.4 Å². The molecule has 1 aromatic rings. The highest BCUT2D eigenvalue weighted by atomic mass is 32.2. The summed E-state index contributed by atoms with van der Waals surface area (Å²) in [5.74, 6) is -2.24. The molecule has 0 saturated carbocycles. The summed E-state index contributed by atoms with van der Waals surface area (Å²) in [4.78, 5) is 12.6. The highest BCUT2D eigenvalue weighted by Crippen LogP contribution is 2.26. The number of nitriles is 1. The van der Waals surface area contributed by atoms with Crippen LogP contribution in [0.4, 0.5) is 8.78 Å². The maximum Gasteiger partial charge on any atom is 0.234 e. The van der Waals surface area contributed by atoms with Gasteiger partial charge in [0.2, 0.25) is 5.91 Å². The summed E-state index contributed by atoms with van der Waals surface area (Å²) in [6.45, 7) is 7.00. The fourth-order valence-corrected chi connectivity index (χ4v) is 2.36. The van der Waals surface area contributed by atoms with Crippen LogP contribution in [0.1, 0.15) is 27.7 Å². The molecule has 0 saturated heterocycles. The fraction of sp³-hybridized carbons (Fsp3) is 0.467. The van der Waals surface area contributed by atoms with Crippen molar-refractivity contribution in [1.82, 2.24) is 5.32 Å². The smallest absolute Gasteiger partial charge is 0.234 e. The van der Waals surface area contributed by atoms with Crippen LogP contribution in [0.5, 0.6) is 0 Å². The largest absolute Gasteiger partial charge is 0.337 e. The number of halogens is 2. The van der Waals surface area contributed by atoms with E-state index in [4.69, 9.17) is 0 Å². The topological polar surface area (TPSA) is 52.9 Å². The first-order chi connectivity index (χ1) is 9.69. The SMILES string of the molecule is CC(C)[C@](C)(C#N)NC(=O)[C@H](C)Sc1ccc(F)c(F)c1. The molecule has 0 aliphatic carbocycles. The standard InChI is InChI=1S/C15H18F2N2OS/c1-9(2)15(4,8-18)19-14(20)10(3)21-11-5-6-12(16)13(17)7-11/h5-7,9-10H,1-4H3,(H,19,20)/t10-,15-/m0/s1. The van der Waals surface area contributed by atoms with Crippen LogP contribution < -0.4 is 5.32 Å². The minimum Gasteiger partial charge on any atom is -0.337 e. The van der Waals surface area contributed by atoms with Crippen molar-refractivity contribution in [3.05, 3.63) is 29.8 Å². The van der Waals surface area contributed by atoms with Gasteiger partial charge in [-0.15, -0.1) is 11.8 Å². The maximum absolute atomic E-state index is 13.1. The summed E-state index contributed by atoms with van der Waals surface area (Å²) in [5.41, 5.74) is -0.958. The lowest BCUT2D eigenvalue weighted by Gasteiger charge is -2.28. The number of nitrogens with zero attached hydrogens (tertiary/aromatic N) is 1. The van der Waals surface area contributed by atoms with E-state index in [0.29, 0.717) is 4.90 Å². The average Bonchev–Trinajstić information content (AvgIpc) is 2.42. The molecule has 1 rings (SSSR count). The molecule has 21 heavy (non-hydrogen) atoms. The van der Waals surface area contributed by atoms with E-state index in [1.54, 1.807) is 13.8 Å². The Hall–Kier alpha value is -1.61. The molecule has 1 amide bonds. The Morgan fingerprint density at radius 3 is 2.43 bits per heavy atom. The molecule has 6 heteroatoms. The molecule has 0 spiro atoms. The third kappa shape index (κ3) is 4.43. The Labute approximate surface area is 127 Å². The van der Waals surface area contributed by atoms with Crippen LogP contribution in [0.15, 0.2) is 23.1 Å². The maximum atomic E-state index is 13.1. The molecule has 0 aliphatic rings. The molecule has 114 valence electrons. The van der Waals surface area contributed by atoms with Gasteiger partial charge < -0.3 is 5.32 Å². The molecular weight excluding hydrogens is 294 g/mol. The van der Waals surface area contributed by atoms with Gasteiger partial charge in [-0.2, -0.15) is 5.26 Å². The molecular formula is C15H18F2N2OS. The predicted octanol–water partition coefficient (Wildman–Crippen LogP) is 3.50. The van der Waals surface area contributed by atoms with Gasteiger partial charge in [0, 0.05) is 4.90 Å². The van der Waals surface area contributed by atoms with Gasteiger partial charge in [-0.25, -0.2) is 8.78 Å². The minimum atomic E-state index is -0.958. The van der Waals surface area contributed by atoms with Crippen molar-refractivity contribution >= 4 is 17.7 Å². The number of amides is 1. The van der Waals surface area contributed by atoms with Gasteiger partial charge in [0.1, 0.15) is 5.54 Å². The minimum absolute atomic E-state index is 0.0492. The summed E-state index contributed by atoms with van der Waals surface area (Å²) in [6.07, 6.45) is 0. The summed E-state index contributed by atoms with van der Waals surface area (Å²) in [7, 11) is 0. The van der Waals surface area contributed by atoms with Crippen molar-refractivity contribution in [1.29, 1.82) is 5.26 Å². The zero-order valence-electron chi connectivity index (χ0n) is 12.4. The van der Waals surface area contributed by atoms with Gasteiger partial charge in [0.25, 0.3) is 0 Å². The van der Waals surface area contributed by atoms with Crippen LogP contribution in [-0.2, 0) is 4.79 Å². The molecule has 1 aromatic carbocycles. The highest BCUT2D eigenvalue weighted by molar-refractivity contribution is 8.00. The molecule has 0 aliphatic heterocycles. The van der Waals surface area contributed by atoms with Crippen molar-refractivity contribution in [2.75, 3.05) is 0 Å². The molecule has 2 atom stereocenters. The fourth-order valence-electron chi connectivity index (χ4n) is 1.47. The summed E-state index contributed by atoms with van der Waals surface area (Å²) in [6, 6.07) is 5.58. The Kier molecular flexibility index (Phi) is 5.73. The van der Waals surface area contributed by atoms with Crippen molar-refractivity contribution in [2.24, 2.45) is 5.92 Å². The second kappa shape index (κ2) is 6.90. The number of thioether (sulfide) groups is 1. The van der Waals surface area contributed by atoms with E-state index in [-0.39, 0.29) is 11.8 Å². The molecule has 0 heterocycles. The predicted molar refractivity (Wildman–Crippen MR) is 78.7 cm³/mol. The molecule has 3 nitrogen and oxygen atoms in total. The normalized spacial score (nSPS) is 15.1. The third-order valence-corrected chi connectivity index (χ3v) is 4.44. The third-order valence-electron chi connectivity index (χ3n) is 3.34. The zero-order valence-corrected chi connectivity index (χ0v) is 13.2. The van der Waals surface area contributed by atoms with E-state index in [2.05, 4.69) is 11.4 Å². The van der Waals surface area contributed by atoms with Gasteiger partial charge in [-0.1, -0.05) is 13.8 Å². The van der Waals surface area contributed by atoms with E-state index in [0.717, 1.165) is 23.9 Å². The molecule has 0 unspecified atom stereocenters. The van der Waals surface area contributed by atoms with E-state index < -0.39 is 22.4 Å². The van der Waals surface area contributed by atoms with E-state index >= 15 is 0 Å². The Morgan fingerprint density at radius 1 is 1.33 bits per heavy atom. The quantitative estimate of drug-likeness (QED) is 0.847. The first-order valence-electron chi connectivity index (χ1n) is 6.54. The van der Waals surface area contributed by atoms with Crippen molar-refractivity contribution in [3.63, 3.8) is 0 Å². The van der Waals surface area contributed by atoms with Crippen molar-refractivity contribution in [3.8, 4) is 6.07 Å². The van der Waals surface area contributed by atoms with Gasteiger partial charge in [0.05, 0.1) is 11.3 Å². The van der Waals surface area contributed by atoms with Crippen LogP contribution >= 0.6 is 11.8 Å². The Bertz CT molecular complexity index is 571. The van der Waals surface area contributed by atoms with Gasteiger partial charge in [-0.05, 0) is 38.0 Å². The van der Waals surface area contributed by atoms with Crippen LogP contribution in [0.3, 0.4) is 0 Å². The molecule has 0 bridgehead atoms. The number of hydrogen-bond donors (Lipinski definition) is 1. The van der Waals surface area contributed by atoms with Gasteiger partial charge in [-0.3, -0.25) is 4.79 Å². The lowest BCUT2D eigenvalue weighted by atomic mass is 9.90. The average molecular weight is 312 g/mol. The number of rotatable bonds is 5. The zero-order chi connectivity index (χ0) is 16.2.